The number of halogens is 2. The molecular formula is C17H12F2N2O5. The van der Waals surface area contributed by atoms with Crippen molar-refractivity contribution in [3.63, 3.8) is 0 Å². The smallest absolute Gasteiger partial charge is 0.331 e. The van der Waals surface area contributed by atoms with E-state index in [9.17, 15) is 28.5 Å². The van der Waals surface area contributed by atoms with Gasteiger partial charge in [0.15, 0.2) is 6.61 Å². The van der Waals surface area contributed by atoms with Crippen molar-refractivity contribution >= 4 is 29.3 Å². The van der Waals surface area contributed by atoms with Crippen molar-refractivity contribution in [3.05, 3.63) is 75.9 Å². The largest absolute Gasteiger partial charge is 0.452 e. The van der Waals surface area contributed by atoms with Crippen LogP contribution in [0.2, 0.25) is 0 Å². The van der Waals surface area contributed by atoms with Gasteiger partial charge in [-0.1, -0.05) is 0 Å². The van der Waals surface area contributed by atoms with E-state index in [1.54, 1.807) is 0 Å². The third-order valence-electron chi connectivity index (χ3n) is 3.07. The Morgan fingerprint density at radius 3 is 2.46 bits per heavy atom. The summed E-state index contributed by atoms with van der Waals surface area (Å²) in [7, 11) is 0. The highest BCUT2D eigenvalue weighted by atomic mass is 19.1. The molecule has 0 fully saturated rings. The molecule has 0 aliphatic carbocycles. The summed E-state index contributed by atoms with van der Waals surface area (Å²) in [6.45, 7) is -0.666. The summed E-state index contributed by atoms with van der Waals surface area (Å²) in [5, 5.41) is 12.7. The maximum Gasteiger partial charge on any atom is 0.331 e. The van der Waals surface area contributed by atoms with Gasteiger partial charge in [0.2, 0.25) is 0 Å². The molecule has 2 rings (SSSR count). The van der Waals surface area contributed by atoms with Crippen LogP contribution >= 0.6 is 0 Å². The van der Waals surface area contributed by atoms with Gasteiger partial charge in [0, 0.05) is 24.3 Å². The first-order valence-electron chi connectivity index (χ1n) is 7.19. The lowest BCUT2D eigenvalue weighted by Gasteiger charge is -2.06. The second-order valence-corrected chi connectivity index (χ2v) is 4.96. The van der Waals surface area contributed by atoms with Crippen LogP contribution in [-0.2, 0) is 14.3 Å². The van der Waals surface area contributed by atoms with Gasteiger partial charge in [0.05, 0.1) is 10.6 Å². The highest BCUT2D eigenvalue weighted by Gasteiger charge is 2.10. The van der Waals surface area contributed by atoms with Crippen molar-refractivity contribution < 1.29 is 28.0 Å². The number of carbonyl (C=O) groups is 2. The van der Waals surface area contributed by atoms with Gasteiger partial charge in [-0.3, -0.25) is 14.9 Å². The number of amides is 1. The fourth-order valence-corrected chi connectivity index (χ4v) is 1.83. The third-order valence-corrected chi connectivity index (χ3v) is 3.07. The molecule has 0 atom stereocenters. The zero-order chi connectivity index (χ0) is 19.1. The van der Waals surface area contributed by atoms with Crippen LogP contribution in [0.4, 0.5) is 20.2 Å². The number of ether oxygens (including phenoxy) is 1. The topological polar surface area (TPSA) is 98.5 Å². The molecule has 134 valence electrons. The average Bonchev–Trinajstić information content (AvgIpc) is 2.61. The summed E-state index contributed by atoms with van der Waals surface area (Å²) in [6, 6.07) is 8.04. The van der Waals surface area contributed by atoms with Crippen LogP contribution in [0.5, 0.6) is 0 Å². The Bertz CT molecular complexity index is 866. The minimum Gasteiger partial charge on any atom is -0.452 e. The van der Waals surface area contributed by atoms with E-state index < -0.39 is 35.0 Å². The van der Waals surface area contributed by atoms with E-state index in [-0.39, 0.29) is 11.4 Å². The number of rotatable bonds is 6. The number of esters is 1. The Balaban J connectivity index is 1.83. The molecule has 0 saturated heterocycles. The van der Waals surface area contributed by atoms with Crippen molar-refractivity contribution in [2.45, 2.75) is 0 Å². The predicted octanol–water partition coefficient (Wildman–Crippen LogP) is 3.07. The minimum absolute atomic E-state index is 0.0885. The Kier molecular flexibility index (Phi) is 6.10. The summed E-state index contributed by atoms with van der Waals surface area (Å²) in [4.78, 5) is 33.1. The number of benzene rings is 2. The van der Waals surface area contributed by atoms with Crippen LogP contribution in [0.1, 0.15) is 5.56 Å². The second kappa shape index (κ2) is 8.47. The van der Waals surface area contributed by atoms with Gasteiger partial charge in [0.25, 0.3) is 11.6 Å². The van der Waals surface area contributed by atoms with Crippen LogP contribution in [0.3, 0.4) is 0 Å². The van der Waals surface area contributed by atoms with Crippen LogP contribution < -0.4 is 5.32 Å². The molecule has 1 N–H and O–H groups in total. The number of nitro groups is 1. The zero-order valence-electron chi connectivity index (χ0n) is 13.1. The Labute approximate surface area is 146 Å². The summed E-state index contributed by atoms with van der Waals surface area (Å²) in [5.41, 5.74) is 0.189. The molecule has 2 aromatic rings. The molecule has 26 heavy (non-hydrogen) atoms. The zero-order valence-corrected chi connectivity index (χ0v) is 13.1. The van der Waals surface area contributed by atoms with Crippen LogP contribution in [0.25, 0.3) is 6.08 Å². The Morgan fingerprint density at radius 2 is 1.85 bits per heavy atom. The fraction of sp³-hybridized carbons (Fsp3) is 0.0588. The van der Waals surface area contributed by atoms with Gasteiger partial charge in [-0.25, -0.2) is 13.6 Å². The first-order chi connectivity index (χ1) is 12.3. The molecule has 0 aromatic heterocycles. The van der Waals surface area contributed by atoms with Crippen molar-refractivity contribution in [2.75, 3.05) is 11.9 Å². The Hall–Kier alpha value is -3.62. The quantitative estimate of drug-likeness (QED) is 0.369. The van der Waals surface area contributed by atoms with E-state index in [2.05, 4.69) is 10.1 Å². The normalized spacial score (nSPS) is 10.5. The van der Waals surface area contributed by atoms with Crippen LogP contribution in [0.15, 0.2) is 48.5 Å². The summed E-state index contributed by atoms with van der Waals surface area (Å²) in [6.07, 6.45) is 2.39. The molecule has 2 aromatic carbocycles. The Morgan fingerprint density at radius 1 is 1.15 bits per heavy atom. The van der Waals surface area contributed by atoms with Crippen molar-refractivity contribution in [1.29, 1.82) is 0 Å². The van der Waals surface area contributed by atoms with Crippen molar-refractivity contribution in [2.24, 2.45) is 0 Å². The van der Waals surface area contributed by atoms with Gasteiger partial charge in [0.1, 0.15) is 11.6 Å². The van der Waals surface area contributed by atoms with Gasteiger partial charge in [-0.05, 0) is 35.9 Å². The number of hydrogen-bond donors (Lipinski definition) is 1. The number of nitrogens with zero attached hydrogens (tertiary/aromatic N) is 1. The maximum absolute atomic E-state index is 13.4. The molecule has 9 heteroatoms. The van der Waals surface area contributed by atoms with Gasteiger partial charge < -0.3 is 10.1 Å². The molecule has 0 spiro atoms. The van der Waals surface area contributed by atoms with E-state index in [4.69, 9.17) is 0 Å². The molecule has 0 unspecified atom stereocenters. The molecule has 0 aliphatic rings. The SMILES string of the molecule is O=C(COC(=O)/C=C/c1ccc([N+](=O)[O-])cc1)Nc1ccc(F)cc1F. The molecule has 7 nitrogen and oxygen atoms in total. The second-order valence-electron chi connectivity index (χ2n) is 4.96. The molecule has 0 bridgehead atoms. The lowest BCUT2D eigenvalue weighted by Crippen LogP contribution is -2.20. The minimum atomic E-state index is -0.956. The van der Waals surface area contributed by atoms with Gasteiger partial charge in [-0.2, -0.15) is 0 Å². The molecule has 0 aliphatic heterocycles. The highest BCUT2D eigenvalue weighted by molar-refractivity contribution is 5.94. The number of hydrogen-bond acceptors (Lipinski definition) is 5. The number of non-ortho nitro benzene ring substituents is 1. The highest BCUT2D eigenvalue weighted by Crippen LogP contribution is 2.15. The number of carbonyl (C=O) groups excluding carboxylic acids is 2. The summed E-state index contributed by atoms with van der Waals surface area (Å²) in [5.74, 6) is -3.38. The number of nitrogens with one attached hydrogen (secondary N) is 1. The van der Waals surface area contributed by atoms with E-state index in [1.165, 1.54) is 30.3 Å². The third kappa shape index (κ3) is 5.48. The van der Waals surface area contributed by atoms with Gasteiger partial charge in [-0.15, -0.1) is 0 Å². The molecule has 0 saturated carbocycles. The molecule has 0 radical (unpaired) electrons. The summed E-state index contributed by atoms with van der Waals surface area (Å²) < 4.78 is 30.8. The summed E-state index contributed by atoms with van der Waals surface area (Å²) >= 11 is 0. The van der Waals surface area contributed by atoms with Crippen molar-refractivity contribution in [1.82, 2.24) is 0 Å². The number of anilines is 1. The number of nitro benzene ring substituents is 1. The first-order valence-corrected chi connectivity index (χ1v) is 7.19. The van der Waals surface area contributed by atoms with Crippen LogP contribution in [0, 0.1) is 21.7 Å². The first kappa shape index (κ1) is 18.7. The average molecular weight is 362 g/mol. The van der Waals surface area contributed by atoms with E-state index >= 15 is 0 Å². The van der Waals surface area contributed by atoms with Crippen LogP contribution in [-0.4, -0.2) is 23.4 Å². The lowest BCUT2D eigenvalue weighted by molar-refractivity contribution is -0.384. The monoisotopic (exact) mass is 362 g/mol. The molecule has 0 heterocycles. The van der Waals surface area contributed by atoms with E-state index in [0.717, 1.165) is 18.2 Å². The fourth-order valence-electron chi connectivity index (χ4n) is 1.83. The van der Waals surface area contributed by atoms with E-state index in [1.807, 2.05) is 0 Å². The van der Waals surface area contributed by atoms with Gasteiger partial charge >= 0.3 is 5.97 Å². The van der Waals surface area contributed by atoms with E-state index in [0.29, 0.717) is 11.6 Å². The lowest BCUT2D eigenvalue weighted by atomic mass is 10.2. The standard InChI is InChI=1S/C17H12F2N2O5/c18-12-4-7-15(14(19)9-12)20-16(22)10-26-17(23)8-3-11-1-5-13(6-2-11)21(24)25/h1-9H,10H2,(H,20,22)/b8-3+. The molecular weight excluding hydrogens is 350 g/mol. The van der Waals surface area contributed by atoms with Crippen molar-refractivity contribution in [3.8, 4) is 0 Å². The predicted molar refractivity (Wildman–Crippen MR) is 88.1 cm³/mol. The maximum atomic E-state index is 13.4. The molecule has 1 amide bonds.